The summed E-state index contributed by atoms with van der Waals surface area (Å²) in [5, 5.41) is 13.6. The van der Waals surface area contributed by atoms with Crippen molar-refractivity contribution < 1.29 is 28.2 Å². The Morgan fingerprint density at radius 3 is 2.61 bits per heavy atom. The minimum absolute atomic E-state index is 0.0248. The summed E-state index contributed by atoms with van der Waals surface area (Å²) in [6.45, 7) is 2.96. The molecule has 2 N–H and O–H groups in total. The van der Waals surface area contributed by atoms with Crippen LogP contribution in [-0.4, -0.2) is 52.3 Å². The van der Waals surface area contributed by atoms with Gasteiger partial charge in [0.1, 0.15) is 24.1 Å². The number of nitrogens with zero attached hydrogens (tertiary/aromatic N) is 2. The maximum atomic E-state index is 14.0. The molecule has 0 bridgehead atoms. The van der Waals surface area contributed by atoms with E-state index in [4.69, 9.17) is 16.3 Å². The lowest BCUT2D eigenvalue weighted by Gasteiger charge is -2.32. The van der Waals surface area contributed by atoms with Crippen LogP contribution in [0.1, 0.15) is 32.3 Å². The molecule has 0 aliphatic rings. The van der Waals surface area contributed by atoms with Gasteiger partial charge in [0.15, 0.2) is 0 Å². The molecule has 0 radical (unpaired) electrons. The van der Waals surface area contributed by atoms with Crippen molar-refractivity contribution in [2.75, 3.05) is 19.0 Å². The molecular formula is C26H28ClF2N3O4. The number of aliphatic hydroxyl groups is 1. The van der Waals surface area contributed by atoms with Crippen LogP contribution in [0.2, 0.25) is 5.02 Å². The molecule has 0 saturated heterocycles. The molecule has 0 unspecified atom stereocenters. The van der Waals surface area contributed by atoms with Gasteiger partial charge in [-0.15, -0.1) is 0 Å². The van der Waals surface area contributed by atoms with Crippen molar-refractivity contribution in [1.29, 1.82) is 0 Å². The van der Waals surface area contributed by atoms with Crippen LogP contribution in [0, 0.1) is 11.6 Å². The lowest BCUT2D eigenvalue weighted by Crippen LogP contribution is -2.45. The molecule has 1 heterocycles. The van der Waals surface area contributed by atoms with Gasteiger partial charge in [-0.2, -0.15) is 0 Å². The number of aromatic nitrogens is 1. The minimum atomic E-state index is -1.15. The summed E-state index contributed by atoms with van der Waals surface area (Å²) < 4.78 is 33.0. The van der Waals surface area contributed by atoms with Crippen LogP contribution < -0.4 is 5.32 Å². The molecule has 1 aromatic heterocycles. The molecule has 1 atom stereocenters. The summed E-state index contributed by atoms with van der Waals surface area (Å²) in [4.78, 5) is 30.7. The molecule has 0 saturated carbocycles. The zero-order valence-corrected chi connectivity index (χ0v) is 21.0. The first-order chi connectivity index (χ1) is 16.9. The third-order valence-corrected chi connectivity index (χ3v) is 6.09. The van der Waals surface area contributed by atoms with Gasteiger partial charge in [0.05, 0.1) is 16.7 Å². The van der Waals surface area contributed by atoms with Gasteiger partial charge >= 0.3 is 6.09 Å². The number of amides is 2. The fraction of sp³-hybridized carbons (Fsp3) is 0.346. The fourth-order valence-corrected chi connectivity index (χ4v) is 3.98. The number of fused-ring (bicyclic) bond motifs is 1. The van der Waals surface area contributed by atoms with E-state index in [0.717, 1.165) is 0 Å². The van der Waals surface area contributed by atoms with Gasteiger partial charge in [-0.05, 0) is 50.5 Å². The minimum Gasteiger partial charge on any atom is -0.447 e. The van der Waals surface area contributed by atoms with Crippen LogP contribution in [0.15, 0.2) is 48.7 Å². The van der Waals surface area contributed by atoms with E-state index in [1.807, 2.05) is 0 Å². The summed E-state index contributed by atoms with van der Waals surface area (Å²) in [7, 11) is 1.54. The standard InChI is InChI=1S/C26H28ClF2N3O4/c1-26(2,35)13-18(32(3)23(33)11-10-16-6-4-9-21(29)24(16)27)15-36-25(34)31-22-12-19-17(14-30-22)7-5-8-20(19)28/h4-9,12,14,18,35H,10-11,13,15H2,1-3H3,(H,30,31,34)/t18-/m0/s1. The van der Waals surface area contributed by atoms with Gasteiger partial charge in [-0.3, -0.25) is 10.1 Å². The second-order valence-electron chi connectivity index (χ2n) is 9.14. The molecule has 2 amide bonds. The van der Waals surface area contributed by atoms with Crippen molar-refractivity contribution in [1.82, 2.24) is 9.88 Å². The number of halogens is 3. The number of hydrogen-bond donors (Lipinski definition) is 2. The number of anilines is 1. The van der Waals surface area contributed by atoms with Crippen molar-refractivity contribution in [2.24, 2.45) is 0 Å². The third kappa shape index (κ3) is 7.35. The summed E-state index contributed by atoms with van der Waals surface area (Å²) in [5.41, 5.74) is -0.644. The van der Waals surface area contributed by atoms with E-state index in [0.29, 0.717) is 16.3 Å². The smallest absolute Gasteiger partial charge is 0.412 e. The second-order valence-corrected chi connectivity index (χ2v) is 9.52. The fourth-order valence-electron chi connectivity index (χ4n) is 3.76. The van der Waals surface area contributed by atoms with Crippen molar-refractivity contribution in [3.63, 3.8) is 0 Å². The van der Waals surface area contributed by atoms with Crippen LogP contribution in [-0.2, 0) is 16.0 Å². The zero-order valence-electron chi connectivity index (χ0n) is 20.2. The number of nitrogens with one attached hydrogen (secondary N) is 1. The van der Waals surface area contributed by atoms with Crippen molar-refractivity contribution in [3.05, 3.63) is 70.9 Å². The van der Waals surface area contributed by atoms with Crippen molar-refractivity contribution >= 4 is 40.2 Å². The molecule has 3 rings (SSSR count). The van der Waals surface area contributed by atoms with E-state index in [1.54, 1.807) is 39.1 Å². The number of ether oxygens (including phenoxy) is 1. The highest BCUT2D eigenvalue weighted by atomic mass is 35.5. The summed E-state index contributed by atoms with van der Waals surface area (Å²) >= 11 is 5.97. The summed E-state index contributed by atoms with van der Waals surface area (Å²) in [5.74, 6) is -1.19. The maximum Gasteiger partial charge on any atom is 0.412 e. The number of likely N-dealkylation sites (N-methyl/N-ethyl adjacent to an activating group) is 1. The molecule has 36 heavy (non-hydrogen) atoms. The molecule has 3 aromatic rings. The van der Waals surface area contributed by atoms with E-state index in [1.165, 1.54) is 35.4 Å². The average molecular weight is 520 g/mol. The van der Waals surface area contributed by atoms with Gasteiger partial charge < -0.3 is 14.7 Å². The Morgan fingerprint density at radius 1 is 1.19 bits per heavy atom. The quantitative estimate of drug-likeness (QED) is 0.398. The molecule has 0 fully saturated rings. The first-order valence-electron chi connectivity index (χ1n) is 11.3. The molecular weight excluding hydrogens is 492 g/mol. The number of hydrogen-bond acceptors (Lipinski definition) is 5. The predicted molar refractivity (Wildman–Crippen MR) is 134 cm³/mol. The predicted octanol–water partition coefficient (Wildman–Crippen LogP) is 5.34. The number of benzene rings is 2. The molecule has 0 aliphatic heterocycles. The van der Waals surface area contributed by atoms with E-state index >= 15 is 0 Å². The van der Waals surface area contributed by atoms with Crippen LogP contribution in [0.5, 0.6) is 0 Å². The highest BCUT2D eigenvalue weighted by molar-refractivity contribution is 6.31. The Labute approximate surface area is 213 Å². The van der Waals surface area contributed by atoms with Gasteiger partial charge in [0.25, 0.3) is 0 Å². The molecule has 192 valence electrons. The van der Waals surface area contributed by atoms with E-state index in [-0.39, 0.29) is 42.6 Å². The largest absolute Gasteiger partial charge is 0.447 e. The Morgan fingerprint density at radius 2 is 1.89 bits per heavy atom. The van der Waals surface area contributed by atoms with Crippen LogP contribution in [0.4, 0.5) is 19.4 Å². The van der Waals surface area contributed by atoms with Gasteiger partial charge in [0, 0.05) is 30.4 Å². The lowest BCUT2D eigenvalue weighted by molar-refractivity contribution is -0.134. The van der Waals surface area contributed by atoms with Crippen LogP contribution in [0.25, 0.3) is 10.8 Å². The molecule has 7 nitrogen and oxygen atoms in total. The Bertz CT molecular complexity index is 1250. The van der Waals surface area contributed by atoms with Gasteiger partial charge in [-0.25, -0.2) is 18.6 Å². The monoisotopic (exact) mass is 519 g/mol. The highest BCUT2D eigenvalue weighted by Crippen LogP contribution is 2.23. The van der Waals surface area contributed by atoms with Crippen LogP contribution >= 0.6 is 11.6 Å². The zero-order chi connectivity index (χ0) is 26.5. The molecule has 10 heteroatoms. The SMILES string of the molecule is CN(C(=O)CCc1cccc(F)c1Cl)[C@H](COC(=O)Nc1cc2c(F)cccc2cn1)CC(C)(C)O. The number of pyridine rings is 1. The third-order valence-electron chi connectivity index (χ3n) is 5.66. The van der Waals surface area contributed by atoms with Gasteiger partial charge in [0.2, 0.25) is 5.91 Å². The van der Waals surface area contributed by atoms with Crippen molar-refractivity contribution in [2.45, 2.75) is 44.8 Å². The first kappa shape index (κ1) is 27.3. The number of aryl methyl sites for hydroxylation is 1. The topological polar surface area (TPSA) is 91.8 Å². The maximum absolute atomic E-state index is 14.0. The van der Waals surface area contributed by atoms with Gasteiger partial charge in [-0.1, -0.05) is 35.9 Å². The number of carbonyl (C=O) groups is 2. The average Bonchev–Trinajstić information content (AvgIpc) is 2.82. The van der Waals surface area contributed by atoms with E-state index in [9.17, 15) is 23.5 Å². The van der Waals surface area contributed by atoms with Crippen LogP contribution in [0.3, 0.4) is 0 Å². The number of carbonyl (C=O) groups excluding carboxylic acids is 2. The molecule has 0 spiro atoms. The van der Waals surface area contributed by atoms with Crippen molar-refractivity contribution in [3.8, 4) is 0 Å². The van der Waals surface area contributed by atoms with E-state index < -0.39 is 29.4 Å². The number of rotatable bonds is 9. The first-order valence-corrected chi connectivity index (χ1v) is 11.7. The molecule has 2 aromatic carbocycles. The second kappa shape index (κ2) is 11.6. The summed E-state index contributed by atoms with van der Waals surface area (Å²) in [6, 6.07) is 9.73. The Kier molecular flexibility index (Phi) is 8.81. The Hall–Kier alpha value is -3.30. The normalized spacial score (nSPS) is 12.3. The lowest BCUT2D eigenvalue weighted by atomic mass is 9.98. The molecule has 0 aliphatic carbocycles. The van der Waals surface area contributed by atoms with E-state index in [2.05, 4.69) is 10.3 Å². The highest BCUT2D eigenvalue weighted by Gasteiger charge is 2.28. The summed E-state index contributed by atoms with van der Waals surface area (Å²) in [6.07, 6.45) is 0.984. The Balaban J connectivity index is 1.62.